The maximum atomic E-state index is 13.4. The highest BCUT2D eigenvalue weighted by Crippen LogP contribution is 2.31. The van der Waals surface area contributed by atoms with E-state index in [0.29, 0.717) is 17.3 Å². The molecule has 0 aromatic heterocycles. The number of hydrogen-bond acceptors (Lipinski definition) is 2. The first-order chi connectivity index (χ1) is 8.20. The highest BCUT2D eigenvalue weighted by Gasteiger charge is 2.07. The Morgan fingerprint density at radius 2 is 1.88 bits per heavy atom. The first-order valence-corrected chi connectivity index (χ1v) is 5.49. The Hall–Kier alpha value is -1.58. The zero-order chi connectivity index (χ0) is 12.3. The molecular formula is C13H11ClFNO. The molecule has 0 saturated heterocycles. The summed E-state index contributed by atoms with van der Waals surface area (Å²) in [6, 6.07) is 11.3. The number of ether oxygens (including phenoxy) is 1. The zero-order valence-corrected chi connectivity index (χ0v) is 9.75. The molecule has 2 aromatic rings. The average Bonchev–Trinajstić information content (AvgIpc) is 2.34. The van der Waals surface area contributed by atoms with Gasteiger partial charge in [-0.25, -0.2) is 4.39 Å². The summed E-state index contributed by atoms with van der Waals surface area (Å²) in [5.41, 5.74) is 6.38. The highest BCUT2D eigenvalue weighted by atomic mass is 35.5. The van der Waals surface area contributed by atoms with Crippen molar-refractivity contribution in [3.63, 3.8) is 0 Å². The maximum Gasteiger partial charge on any atom is 0.165 e. The van der Waals surface area contributed by atoms with Crippen LogP contribution in [0.5, 0.6) is 11.5 Å². The third kappa shape index (κ3) is 2.75. The Bertz CT molecular complexity index is 531. The third-order valence-corrected chi connectivity index (χ3v) is 2.58. The van der Waals surface area contributed by atoms with Gasteiger partial charge in [0.1, 0.15) is 5.75 Å². The molecule has 2 aromatic carbocycles. The lowest BCUT2D eigenvalue weighted by Crippen LogP contribution is -1.96. The quantitative estimate of drug-likeness (QED) is 0.902. The van der Waals surface area contributed by atoms with Crippen LogP contribution in [0.4, 0.5) is 4.39 Å². The van der Waals surface area contributed by atoms with Crippen LogP contribution in [0, 0.1) is 5.82 Å². The molecule has 2 nitrogen and oxygen atoms in total. The van der Waals surface area contributed by atoms with Crippen LogP contribution < -0.4 is 10.5 Å². The summed E-state index contributed by atoms with van der Waals surface area (Å²) in [4.78, 5) is 0. The fraction of sp³-hybridized carbons (Fsp3) is 0.0769. The van der Waals surface area contributed by atoms with E-state index in [2.05, 4.69) is 0 Å². The summed E-state index contributed by atoms with van der Waals surface area (Å²) < 4.78 is 18.8. The highest BCUT2D eigenvalue weighted by molar-refractivity contribution is 6.32. The van der Waals surface area contributed by atoms with Gasteiger partial charge in [0.25, 0.3) is 0 Å². The minimum Gasteiger partial charge on any atom is -0.453 e. The van der Waals surface area contributed by atoms with Crippen molar-refractivity contribution < 1.29 is 9.13 Å². The summed E-state index contributed by atoms with van der Waals surface area (Å²) in [6.07, 6.45) is 0. The van der Waals surface area contributed by atoms with Crippen LogP contribution >= 0.6 is 11.6 Å². The summed E-state index contributed by atoms with van der Waals surface area (Å²) >= 11 is 6.01. The molecule has 88 valence electrons. The fourth-order valence-corrected chi connectivity index (χ4v) is 1.64. The molecule has 0 unspecified atom stereocenters. The number of para-hydroxylation sites is 1. The summed E-state index contributed by atoms with van der Waals surface area (Å²) in [7, 11) is 0. The number of benzene rings is 2. The van der Waals surface area contributed by atoms with Crippen LogP contribution in [0.1, 0.15) is 5.56 Å². The van der Waals surface area contributed by atoms with Gasteiger partial charge in [0.05, 0.1) is 5.02 Å². The van der Waals surface area contributed by atoms with Gasteiger partial charge in [-0.05, 0) is 29.8 Å². The van der Waals surface area contributed by atoms with Crippen LogP contribution in [0.3, 0.4) is 0 Å². The molecule has 4 heteroatoms. The molecule has 0 bridgehead atoms. The van der Waals surface area contributed by atoms with Crippen LogP contribution in [-0.2, 0) is 6.54 Å². The summed E-state index contributed by atoms with van der Waals surface area (Å²) in [5, 5.41) is 0.413. The molecule has 0 amide bonds. The minimum absolute atomic E-state index is 0.148. The molecule has 0 radical (unpaired) electrons. The lowest BCUT2D eigenvalue weighted by Gasteiger charge is -2.09. The first kappa shape index (κ1) is 11.9. The molecule has 0 spiro atoms. The monoisotopic (exact) mass is 251 g/mol. The predicted molar refractivity (Wildman–Crippen MR) is 65.8 cm³/mol. The van der Waals surface area contributed by atoms with Gasteiger partial charge in [-0.3, -0.25) is 0 Å². The van der Waals surface area contributed by atoms with Crippen molar-refractivity contribution in [2.24, 2.45) is 5.73 Å². The second-order valence-electron chi connectivity index (χ2n) is 3.50. The fourth-order valence-electron chi connectivity index (χ4n) is 1.40. The Labute approximate surface area is 104 Å². The van der Waals surface area contributed by atoms with Crippen molar-refractivity contribution >= 4 is 11.6 Å². The second kappa shape index (κ2) is 5.17. The third-order valence-electron chi connectivity index (χ3n) is 2.29. The van der Waals surface area contributed by atoms with Crippen molar-refractivity contribution in [3.05, 3.63) is 58.9 Å². The van der Waals surface area contributed by atoms with Crippen molar-refractivity contribution in [3.8, 4) is 11.5 Å². The Balaban J connectivity index is 2.28. The van der Waals surface area contributed by atoms with E-state index in [-0.39, 0.29) is 5.75 Å². The SMILES string of the molecule is NCc1ccc(Oc2ccccc2F)c(Cl)c1. The first-order valence-electron chi connectivity index (χ1n) is 5.11. The molecule has 0 aliphatic carbocycles. The van der Waals surface area contributed by atoms with Crippen LogP contribution in [0.2, 0.25) is 5.02 Å². The molecule has 0 fully saturated rings. The van der Waals surface area contributed by atoms with Crippen molar-refractivity contribution in [2.45, 2.75) is 6.54 Å². The summed E-state index contributed by atoms with van der Waals surface area (Å²) in [6.45, 7) is 0.402. The van der Waals surface area contributed by atoms with Gasteiger partial charge in [-0.2, -0.15) is 0 Å². The summed E-state index contributed by atoms with van der Waals surface area (Å²) in [5.74, 6) is 0.135. The normalized spacial score (nSPS) is 10.3. The van der Waals surface area contributed by atoms with Gasteiger partial charge in [-0.1, -0.05) is 29.8 Å². The molecule has 0 saturated carbocycles. The molecule has 0 aliphatic heterocycles. The molecule has 2 rings (SSSR count). The second-order valence-corrected chi connectivity index (χ2v) is 3.91. The van der Waals surface area contributed by atoms with Crippen molar-refractivity contribution in [1.29, 1.82) is 0 Å². The van der Waals surface area contributed by atoms with Gasteiger partial charge in [-0.15, -0.1) is 0 Å². The number of rotatable bonds is 3. The number of hydrogen-bond donors (Lipinski definition) is 1. The minimum atomic E-state index is -0.425. The maximum absolute atomic E-state index is 13.4. The van der Waals surface area contributed by atoms with Gasteiger partial charge in [0.15, 0.2) is 11.6 Å². The molecular weight excluding hydrogens is 241 g/mol. The van der Waals surface area contributed by atoms with Crippen LogP contribution in [0.25, 0.3) is 0 Å². The van der Waals surface area contributed by atoms with Crippen molar-refractivity contribution in [2.75, 3.05) is 0 Å². The smallest absolute Gasteiger partial charge is 0.165 e. The molecule has 0 heterocycles. The van der Waals surface area contributed by atoms with Gasteiger partial charge in [0.2, 0.25) is 0 Å². The predicted octanol–water partition coefficient (Wildman–Crippen LogP) is 3.73. The molecule has 0 atom stereocenters. The zero-order valence-electron chi connectivity index (χ0n) is 8.99. The average molecular weight is 252 g/mol. The van der Waals surface area contributed by atoms with E-state index in [1.807, 2.05) is 0 Å². The van der Waals surface area contributed by atoms with E-state index >= 15 is 0 Å². The number of nitrogens with two attached hydrogens (primary N) is 1. The van der Waals surface area contributed by atoms with Gasteiger partial charge in [0, 0.05) is 6.54 Å². The van der Waals surface area contributed by atoms with E-state index < -0.39 is 5.82 Å². The van der Waals surface area contributed by atoms with E-state index in [0.717, 1.165) is 5.56 Å². The lowest BCUT2D eigenvalue weighted by molar-refractivity contribution is 0.442. The Morgan fingerprint density at radius 3 is 2.53 bits per heavy atom. The number of halogens is 2. The van der Waals surface area contributed by atoms with Crippen LogP contribution in [-0.4, -0.2) is 0 Å². The Kier molecular flexibility index (Phi) is 3.61. The van der Waals surface area contributed by atoms with Gasteiger partial charge < -0.3 is 10.5 Å². The molecule has 17 heavy (non-hydrogen) atoms. The van der Waals surface area contributed by atoms with Crippen molar-refractivity contribution in [1.82, 2.24) is 0 Å². The molecule has 0 aliphatic rings. The van der Waals surface area contributed by atoms with Gasteiger partial charge >= 0.3 is 0 Å². The molecule has 2 N–H and O–H groups in total. The van der Waals surface area contributed by atoms with E-state index in [4.69, 9.17) is 22.1 Å². The lowest BCUT2D eigenvalue weighted by atomic mass is 10.2. The Morgan fingerprint density at radius 1 is 1.12 bits per heavy atom. The largest absolute Gasteiger partial charge is 0.453 e. The standard InChI is InChI=1S/C13H11ClFNO/c14-10-7-9(8-16)5-6-12(10)17-13-4-2-1-3-11(13)15/h1-7H,8,16H2. The van der Waals surface area contributed by atoms with E-state index in [1.165, 1.54) is 6.07 Å². The van der Waals surface area contributed by atoms with E-state index in [1.54, 1.807) is 36.4 Å². The topological polar surface area (TPSA) is 35.2 Å². The van der Waals surface area contributed by atoms with E-state index in [9.17, 15) is 4.39 Å². The van der Waals surface area contributed by atoms with Crippen LogP contribution in [0.15, 0.2) is 42.5 Å².